The van der Waals surface area contributed by atoms with Crippen molar-refractivity contribution in [2.24, 2.45) is 5.41 Å². The van der Waals surface area contributed by atoms with Gasteiger partial charge in [0.25, 0.3) is 5.91 Å². The molecule has 9 heteroatoms. The molecule has 0 spiro atoms. The minimum Gasteiger partial charge on any atom is -0.484 e. The summed E-state index contributed by atoms with van der Waals surface area (Å²) in [5, 5.41) is 9.11. The lowest BCUT2D eigenvalue weighted by atomic mass is 9.89. The Hall–Kier alpha value is -2.32. The van der Waals surface area contributed by atoms with E-state index < -0.39 is 36.7 Å². The Morgan fingerprint density at radius 2 is 1.88 bits per heavy atom. The van der Waals surface area contributed by atoms with Gasteiger partial charge in [-0.15, -0.1) is 0 Å². The van der Waals surface area contributed by atoms with E-state index in [1.807, 2.05) is 0 Å². The van der Waals surface area contributed by atoms with Crippen molar-refractivity contribution in [2.75, 3.05) is 26.4 Å². The molecule has 1 heterocycles. The van der Waals surface area contributed by atoms with Crippen LogP contribution in [-0.2, 0) is 4.79 Å². The summed E-state index contributed by atoms with van der Waals surface area (Å²) in [4.78, 5) is 24.7. The molecule has 0 bridgehead atoms. The van der Waals surface area contributed by atoms with Crippen LogP contribution < -0.4 is 4.74 Å². The Labute approximate surface area is 134 Å². The number of ether oxygens (including phenoxy) is 1. The number of nitrogens with zero attached hydrogens (tertiary/aromatic N) is 1. The maximum atomic E-state index is 13.1. The third-order valence-corrected chi connectivity index (χ3v) is 3.85. The van der Waals surface area contributed by atoms with Crippen LogP contribution in [0.3, 0.4) is 0 Å². The summed E-state index contributed by atoms with van der Waals surface area (Å²) in [7, 11) is 0. The van der Waals surface area contributed by atoms with Crippen LogP contribution in [0.25, 0.3) is 0 Å². The van der Waals surface area contributed by atoms with Crippen LogP contribution in [0.1, 0.15) is 16.8 Å². The van der Waals surface area contributed by atoms with E-state index in [0.29, 0.717) is 0 Å². The van der Waals surface area contributed by atoms with Crippen molar-refractivity contribution >= 4 is 11.9 Å². The second-order valence-electron chi connectivity index (χ2n) is 5.62. The third-order valence-electron chi connectivity index (χ3n) is 3.85. The number of amides is 1. The van der Waals surface area contributed by atoms with Gasteiger partial charge in [0.2, 0.25) is 0 Å². The zero-order valence-corrected chi connectivity index (χ0v) is 12.5. The van der Waals surface area contributed by atoms with Gasteiger partial charge in [0, 0.05) is 18.7 Å². The molecular weight excluding hydrogens is 334 g/mol. The molecule has 1 saturated heterocycles. The third kappa shape index (κ3) is 3.95. The first-order chi connectivity index (χ1) is 11.2. The lowest BCUT2D eigenvalue weighted by Crippen LogP contribution is -2.38. The number of likely N-dealkylation sites (tertiary alicyclic amines) is 1. The fraction of sp³-hybridized carbons (Fsp3) is 0.467. The highest BCUT2D eigenvalue weighted by atomic mass is 19.4. The molecule has 1 unspecified atom stereocenters. The number of rotatable bonds is 5. The highest BCUT2D eigenvalue weighted by molar-refractivity contribution is 5.95. The predicted molar refractivity (Wildman–Crippen MR) is 74.6 cm³/mol. The lowest BCUT2D eigenvalue weighted by molar-refractivity contribution is -0.153. The van der Waals surface area contributed by atoms with E-state index in [4.69, 9.17) is 5.11 Å². The van der Waals surface area contributed by atoms with Crippen molar-refractivity contribution in [1.82, 2.24) is 4.90 Å². The molecule has 1 aliphatic rings. The lowest BCUT2D eigenvalue weighted by Gasteiger charge is -2.21. The molecule has 0 saturated carbocycles. The summed E-state index contributed by atoms with van der Waals surface area (Å²) in [6.07, 6.45) is -4.45. The molecular formula is C15H15F4NO4. The minimum absolute atomic E-state index is 0.0113. The Morgan fingerprint density at radius 3 is 2.33 bits per heavy atom. The number of carbonyl (C=O) groups excluding carboxylic acids is 1. The van der Waals surface area contributed by atoms with E-state index in [-0.39, 0.29) is 30.8 Å². The summed E-state index contributed by atoms with van der Waals surface area (Å²) in [5.74, 6) is -1.85. The van der Waals surface area contributed by atoms with E-state index in [0.717, 1.165) is 0 Å². The van der Waals surface area contributed by atoms with Gasteiger partial charge in [-0.1, -0.05) is 0 Å². The zero-order chi connectivity index (χ0) is 18.0. The van der Waals surface area contributed by atoms with Crippen LogP contribution in [-0.4, -0.2) is 54.4 Å². The molecule has 0 radical (unpaired) electrons. The van der Waals surface area contributed by atoms with Gasteiger partial charge in [0.15, 0.2) is 6.61 Å². The van der Waals surface area contributed by atoms with Crippen molar-refractivity contribution in [3.63, 3.8) is 0 Å². The number of carboxylic acids is 1. The maximum absolute atomic E-state index is 13.1. The average molecular weight is 349 g/mol. The highest BCUT2D eigenvalue weighted by Crippen LogP contribution is 2.32. The Morgan fingerprint density at radius 1 is 1.25 bits per heavy atom. The monoisotopic (exact) mass is 349 g/mol. The van der Waals surface area contributed by atoms with Crippen LogP contribution in [0.4, 0.5) is 17.6 Å². The number of hydrogen-bond donors (Lipinski definition) is 1. The molecule has 1 fully saturated rings. The van der Waals surface area contributed by atoms with Gasteiger partial charge < -0.3 is 14.7 Å². The van der Waals surface area contributed by atoms with Gasteiger partial charge >= 0.3 is 12.1 Å². The Kier molecular flexibility index (Phi) is 5.00. The van der Waals surface area contributed by atoms with Crippen LogP contribution in [0.15, 0.2) is 24.3 Å². The molecule has 2 rings (SSSR count). The smallest absolute Gasteiger partial charge is 0.422 e. The normalized spacial score (nSPS) is 20.9. The molecule has 24 heavy (non-hydrogen) atoms. The molecule has 1 aromatic carbocycles. The van der Waals surface area contributed by atoms with Crippen molar-refractivity contribution in [3.8, 4) is 5.75 Å². The van der Waals surface area contributed by atoms with E-state index in [2.05, 4.69) is 4.74 Å². The standard InChI is InChI=1S/C15H15F4NO4/c16-7-14(13(22)23)5-6-20(8-14)12(21)10-1-3-11(4-2-10)24-9-15(17,18)19/h1-4H,5-9H2,(H,22,23). The molecule has 0 aliphatic carbocycles. The number of benzene rings is 1. The van der Waals surface area contributed by atoms with Gasteiger partial charge in [-0.25, -0.2) is 4.39 Å². The first-order valence-electron chi connectivity index (χ1n) is 7.05. The van der Waals surface area contributed by atoms with Crippen molar-refractivity contribution in [3.05, 3.63) is 29.8 Å². The van der Waals surface area contributed by atoms with Gasteiger partial charge in [-0.2, -0.15) is 13.2 Å². The Balaban J connectivity index is 2.02. The molecule has 1 amide bonds. The van der Waals surface area contributed by atoms with Gasteiger partial charge in [-0.05, 0) is 30.7 Å². The van der Waals surface area contributed by atoms with Crippen molar-refractivity contribution in [1.29, 1.82) is 0 Å². The summed E-state index contributed by atoms with van der Waals surface area (Å²) in [5.41, 5.74) is -1.43. The first kappa shape index (κ1) is 18.0. The second-order valence-corrected chi connectivity index (χ2v) is 5.62. The SMILES string of the molecule is O=C(c1ccc(OCC(F)(F)F)cc1)N1CCC(CF)(C(=O)O)C1. The molecule has 5 nitrogen and oxygen atoms in total. The predicted octanol–water partition coefficient (Wildman–Crippen LogP) is 2.51. The van der Waals surface area contributed by atoms with E-state index in [9.17, 15) is 27.2 Å². The summed E-state index contributed by atoms with van der Waals surface area (Å²) in [6.45, 7) is -2.66. The first-order valence-corrected chi connectivity index (χ1v) is 7.05. The van der Waals surface area contributed by atoms with Crippen molar-refractivity contribution < 1.29 is 37.0 Å². The second kappa shape index (κ2) is 6.66. The summed E-state index contributed by atoms with van der Waals surface area (Å²) >= 11 is 0. The molecule has 1 aliphatic heterocycles. The molecule has 1 N–H and O–H groups in total. The van der Waals surface area contributed by atoms with Gasteiger partial charge in [0.1, 0.15) is 17.8 Å². The van der Waals surface area contributed by atoms with Crippen LogP contribution in [0, 0.1) is 5.41 Å². The van der Waals surface area contributed by atoms with Crippen LogP contribution in [0.2, 0.25) is 0 Å². The van der Waals surface area contributed by atoms with Crippen molar-refractivity contribution in [2.45, 2.75) is 12.6 Å². The topological polar surface area (TPSA) is 66.8 Å². The maximum Gasteiger partial charge on any atom is 0.422 e. The molecule has 1 atom stereocenters. The number of alkyl halides is 4. The highest BCUT2D eigenvalue weighted by Gasteiger charge is 2.46. The largest absolute Gasteiger partial charge is 0.484 e. The Bertz CT molecular complexity index is 617. The molecule has 0 aromatic heterocycles. The van der Waals surface area contributed by atoms with Crippen LogP contribution >= 0.6 is 0 Å². The summed E-state index contributed by atoms with van der Waals surface area (Å²) in [6, 6.07) is 5.00. The number of hydrogen-bond acceptors (Lipinski definition) is 3. The fourth-order valence-corrected chi connectivity index (χ4v) is 2.43. The van der Waals surface area contributed by atoms with E-state index in [1.165, 1.54) is 29.2 Å². The number of halogens is 4. The summed E-state index contributed by atoms with van der Waals surface area (Å²) < 4.78 is 53.8. The average Bonchev–Trinajstić information content (AvgIpc) is 2.98. The minimum atomic E-state index is -4.46. The fourth-order valence-electron chi connectivity index (χ4n) is 2.43. The zero-order valence-electron chi connectivity index (χ0n) is 12.5. The number of carboxylic acid groups (broad SMARTS) is 1. The molecule has 132 valence electrons. The quantitative estimate of drug-likeness (QED) is 0.830. The van der Waals surface area contributed by atoms with Gasteiger partial charge in [0.05, 0.1) is 0 Å². The number of aliphatic carboxylic acids is 1. The van der Waals surface area contributed by atoms with E-state index in [1.54, 1.807) is 0 Å². The van der Waals surface area contributed by atoms with Gasteiger partial charge in [-0.3, -0.25) is 9.59 Å². The molecule has 1 aromatic rings. The number of carbonyl (C=O) groups is 2. The van der Waals surface area contributed by atoms with E-state index >= 15 is 0 Å². The van der Waals surface area contributed by atoms with Crippen LogP contribution in [0.5, 0.6) is 5.75 Å².